The van der Waals surface area contributed by atoms with Gasteiger partial charge in [-0.3, -0.25) is 0 Å². The van der Waals surface area contributed by atoms with Crippen LogP contribution in [0.25, 0.3) is 0 Å². The van der Waals surface area contributed by atoms with Crippen molar-refractivity contribution in [3.8, 4) is 11.5 Å². The van der Waals surface area contributed by atoms with Crippen LogP contribution in [0.2, 0.25) is 0 Å². The number of halogens is 1. The molecular formula is C20H32INO4. The van der Waals surface area contributed by atoms with E-state index in [1.807, 2.05) is 24.3 Å². The number of fused-ring (bicyclic) bond motifs is 1. The molecule has 2 heterocycles. The number of ether oxygens (including phenoxy) is 4. The second-order valence-electron chi connectivity index (χ2n) is 7.39. The summed E-state index contributed by atoms with van der Waals surface area (Å²) in [6, 6.07) is 7.80. The molecule has 3 rings (SSSR count). The smallest absolute Gasteiger partial charge is 0.161 e. The van der Waals surface area contributed by atoms with Crippen molar-refractivity contribution < 1.29 is 47.4 Å². The van der Waals surface area contributed by atoms with Gasteiger partial charge in [0.15, 0.2) is 17.6 Å². The summed E-state index contributed by atoms with van der Waals surface area (Å²) in [4.78, 5) is 0. The van der Waals surface area contributed by atoms with Crippen molar-refractivity contribution in [2.45, 2.75) is 31.8 Å². The number of hydrogen-bond donors (Lipinski definition) is 0. The molecule has 1 fully saturated rings. The monoisotopic (exact) mass is 477 g/mol. The van der Waals surface area contributed by atoms with Crippen LogP contribution in [-0.4, -0.2) is 70.3 Å². The van der Waals surface area contributed by atoms with E-state index in [1.165, 1.54) is 30.3 Å². The van der Waals surface area contributed by atoms with Gasteiger partial charge in [-0.1, -0.05) is 18.6 Å². The van der Waals surface area contributed by atoms with Crippen LogP contribution in [0.3, 0.4) is 0 Å². The summed E-state index contributed by atoms with van der Waals surface area (Å²) in [5.41, 5.74) is 0. The zero-order valence-corrected chi connectivity index (χ0v) is 18.0. The first-order valence-corrected chi connectivity index (χ1v) is 9.63. The van der Waals surface area contributed by atoms with Gasteiger partial charge >= 0.3 is 0 Å². The highest BCUT2D eigenvalue weighted by Gasteiger charge is 2.24. The average Bonchev–Trinajstić information content (AvgIpc) is 2.64. The Hall–Kier alpha value is -0.570. The van der Waals surface area contributed by atoms with Gasteiger partial charge in [0.2, 0.25) is 0 Å². The molecule has 0 spiro atoms. The molecule has 1 aromatic carbocycles. The van der Waals surface area contributed by atoms with Gasteiger partial charge in [0.25, 0.3) is 0 Å². The highest BCUT2D eigenvalue weighted by atomic mass is 127. The molecule has 148 valence electrons. The molecule has 0 bridgehead atoms. The van der Waals surface area contributed by atoms with E-state index in [4.69, 9.17) is 18.9 Å². The summed E-state index contributed by atoms with van der Waals surface area (Å²) in [7, 11) is 2.36. The van der Waals surface area contributed by atoms with Crippen molar-refractivity contribution in [1.82, 2.24) is 0 Å². The molecule has 5 nitrogen and oxygen atoms in total. The van der Waals surface area contributed by atoms with Gasteiger partial charge in [0.05, 0.1) is 33.4 Å². The number of unbranched alkanes of at least 4 members (excludes halogenated alkanes) is 3. The first kappa shape index (κ1) is 21.7. The van der Waals surface area contributed by atoms with Crippen molar-refractivity contribution in [1.29, 1.82) is 0 Å². The van der Waals surface area contributed by atoms with E-state index in [9.17, 15) is 0 Å². The molecule has 1 saturated heterocycles. The minimum Gasteiger partial charge on any atom is -1.00 e. The van der Waals surface area contributed by atoms with Gasteiger partial charge in [0.1, 0.15) is 19.7 Å². The molecular weight excluding hydrogens is 445 g/mol. The van der Waals surface area contributed by atoms with Crippen molar-refractivity contribution >= 4 is 0 Å². The van der Waals surface area contributed by atoms with E-state index < -0.39 is 0 Å². The Morgan fingerprint density at radius 1 is 1.04 bits per heavy atom. The Morgan fingerprint density at radius 2 is 1.77 bits per heavy atom. The second kappa shape index (κ2) is 11.3. The molecule has 0 aliphatic carbocycles. The predicted molar refractivity (Wildman–Crippen MR) is 97.2 cm³/mol. The molecule has 0 amide bonds. The highest BCUT2D eigenvalue weighted by Crippen LogP contribution is 2.30. The average molecular weight is 477 g/mol. The first-order chi connectivity index (χ1) is 12.3. The maximum Gasteiger partial charge on any atom is 0.161 e. The Morgan fingerprint density at radius 3 is 2.58 bits per heavy atom. The van der Waals surface area contributed by atoms with Gasteiger partial charge in [0, 0.05) is 6.61 Å². The van der Waals surface area contributed by atoms with Crippen LogP contribution in [0, 0.1) is 0 Å². The summed E-state index contributed by atoms with van der Waals surface area (Å²) in [5.74, 6) is 1.65. The lowest BCUT2D eigenvalue weighted by molar-refractivity contribution is -0.917. The topological polar surface area (TPSA) is 36.9 Å². The molecule has 0 saturated carbocycles. The molecule has 1 unspecified atom stereocenters. The van der Waals surface area contributed by atoms with Crippen LogP contribution in [0.5, 0.6) is 11.5 Å². The minimum absolute atomic E-state index is 0. The lowest BCUT2D eigenvalue weighted by atomic mass is 10.1. The highest BCUT2D eigenvalue weighted by molar-refractivity contribution is 5.40. The Bertz CT molecular complexity index is 522. The third-order valence-electron chi connectivity index (χ3n) is 5.16. The van der Waals surface area contributed by atoms with Crippen molar-refractivity contribution in [3.63, 3.8) is 0 Å². The lowest BCUT2D eigenvalue weighted by Gasteiger charge is -2.37. The molecule has 2 aliphatic rings. The van der Waals surface area contributed by atoms with Crippen LogP contribution < -0.4 is 33.5 Å². The number of rotatable bonds is 9. The molecule has 6 heteroatoms. The largest absolute Gasteiger partial charge is 1.00 e. The standard InChI is InChI=1S/C20H32NO4.HI/c1-21(11-14-22-15-12-21)10-6-2-3-7-13-23-16-18-17-24-19-8-4-5-9-20(19)25-18;/h4-5,8-9,18H,2-3,6-7,10-17H2,1H3;1H/q+1;/p-1. The van der Waals surface area contributed by atoms with Crippen LogP contribution in [0.1, 0.15) is 25.7 Å². The number of likely N-dealkylation sites (N-methyl/N-ethyl adjacent to an activating group) is 1. The summed E-state index contributed by atoms with van der Waals surface area (Å²) in [5, 5.41) is 0. The van der Waals surface area contributed by atoms with Gasteiger partial charge in [-0.15, -0.1) is 0 Å². The van der Waals surface area contributed by atoms with Crippen LogP contribution in [-0.2, 0) is 9.47 Å². The van der Waals surface area contributed by atoms with E-state index in [1.54, 1.807) is 0 Å². The number of quaternary nitrogens is 1. The van der Waals surface area contributed by atoms with Crippen LogP contribution in [0.4, 0.5) is 0 Å². The predicted octanol–water partition coefficient (Wildman–Crippen LogP) is -0.116. The maximum absolute atomic E-state index is 5.89. The molecule has 1 aromatic rings. The summed E-state index contributed by atoms with van der Waals surface area (Å²) in [6.07, 6.45) is 4.94. The normalized spacial score (nSPS) is 21.0. The summed E-state index contributed by atoms with van der Waals surface area (Å²) in [6.45, 7) is 7.41. The fourth-order valence-corrected chi connectivity index (χ4v) is 3.42. The molecule has 2 aliphatic heterocycles. The molecule has 26 heavy (non-hydrogen) atoms. The third-order valence-corrected chi connectivity index (χ3v) is 5.16. The van der Waals surface area contributed by atoms with Gasteiger partial charge < -0.3 is 47.4 Å². The van der Waals surface area contributed by atoms with Gasteiger partial charge in [-0.2, -0.15) is 0 Å². The summed E-state index contributed by atoms with van der Waals surface area (Å²) >= 11 is 0. The van der Waals surface area contributed by atoms with Crippen molar-refractivity contribution in [2.75, 3.05) is 59.7 Å². The third kappa shape index (κ3) is 6.87. The lowest BCUT2D eigenvalue weighted by Crippen LogP contribution is -3.00. The van der Waals surface area contributed by atoms with Gasteiger partial charge in [-0.05, 0) is 31.4 Å². The zero-order valence-electron chi connectivity index (χ0n) is 15.8. The first-order valence-electron chi connectivity index (χ1n) is 9.63. The van der Waals surface area contributed by atoms with E-state index >= 15 is 0 Å². The van der Waals surface area contributed by atoms with E-state index in [0.717, 1.165) is 50.8 Å². The number of para-hydroxylation sites is 2. The molecule has 0 radical (unpaired) electrons. The fraction of sp³-hybridized carbons (Fsp3) is 0.700. The fourth-order valence-electron chi connectivity index (χ4n) is 3.42. The zero-order chi connectivity index (χ0) is 17.4. The van der Waals surface area contributed by atoms with E-state index in [-0.39, 0.29) is 30.1 Å². The van der Waals surface area contributed by atoms with Crippen LogP contribution >= 0.6 is 0 Å². The maximum atomic E-state index is 5.89. The van der Waals surface area contributed by atoms with Crippen molar-refractivity contribution in [3.05, 3.63) is 24.3 Å². The second-order valence-corrected chi connectivity index (χ2v) is 7.39. The number of morpholine rings is 1. The quantitative estimate of drug-likeness (QED) is 0.283. The minimum atomic E-state index is 0. The molecule has 0 N–H and O–H groups in total. The number of hydrogen-bond acceptors (Lipinski definition) is 4. The van der Waals surface area contributed by atoms with Crippen molar-refractivity contribution in [2.24, 2.45) is 0 Å². The molecule has 1 atom stereocenters. The Balaban J connectivity index is 0.00000243. The summed E-state index contributed by atoms with van der Waals surface area (Å²) < 4.78 is 24.0. The van der Waals surface area contributed by atoms with E-state index in [0.29, 0.717) is 13.2 Å². The van der Waals surface area contributed by atoms with E-state index in [2.05, 4.69) is 7.05 Å². The Kier molecular flexibility index (Phi) is 9.45. The number of benzene rings is 1. The SMILES string of the molecule is C[N+]1(CCCCCCOCC2COc3ccccc3O2)CCOCC1.[I-]. The van der Waals surface area contributed by atoms with Gasteiger partial charge in [-0.25, -0.2) is 0 Å². The van der Waals surface area contributed by atoms with Crippen LogP contribution in [0.15, 0.2) is 24.3 Å². The Labute approximate surface area is 174 Å². The molecule has 0 aromatic heterocycles. The number of nitrogens with zero attached hydrogens (tertiary/aromatic N) is 1.